The van der Waals surface area contributed by atoms with E-state index in [9.17, 15) is 4.39 Å². The van der Waals surface area contributed by atoms with Crippen LogP contribution in [0.1, 0.15) is 25.8 Å². The van der Waals surface area contributed by atoms with Crippen molar-refractivity contribution in [1.29, 1.82) is 0 Å². The molecule has 19 heavy (non-hydrogen) atoms. The molecule has 0 spiro atoms. The van der Waals surface area contributed by atoms with Crippen LogP contribution in [0.2, 0.25) is 0 Å². The fourth-order valence-electron chi connectivity index (χ4n) is 2.69. The van der Waals surface area contributed by atoms with Crippen LogP contribution in [-0.2, 0) is 6.42 Å². The van der Waals surface area contributed by atoms with Crippen LogP contribution in [0, 0.1) is 11.7 Å². The normalized spacial score (nSPS) is 22.4. The SMILES string of the molecule is CCC(C)C1CN(CCc2ccccc2F)CCN1. The van der Waals surface area contributed by atoms with Crippen molar-refractivity contribution < 1.29 is 4.39 Å². The number of nitrogens with zero attached hydrogens (tertiary/aromatic N) is 1. The average Bonchev–Trinajstić information content (AvgIpc) is 2.46. The summed E-state index contributed by atoms with van der Waals surface area (Å²) in [6.45, 7) is 8.70. The van der Waals surface area contributed by atoms with Gasteiger partial charge < -0.3 is 10.2 Å². The lowest BCUT2D eigenvalue weighted by Crippen LogP contribution is -2.53. The highest BCUT2D eigenvalue weighted by molar-refractivity contribution is 5.17. The van der Waals surface area contributed by atoms with Gasteiger partial charge >= 0.3 is 0 Å². The molecule has 0 saturated carbocycles. The summed E-state index contributed by atoms with van der Waals surface area (Å²) in [4.78, 5) is 2.46. The zero-order valence-electron chi connectivity index (χ0n) is 12.0. The second kappa shape index (κ2) is 7.01. The molecule has 1 aromatic carbocycles. The van der Waals surface area contributed by atoms with E-state index >= 15 is 0 Å². The fourth-order valence-corrected chi connectivity index (χ4v) is 2.69. The first-order valence-electron chi connectivity index (χ1n) is 7.40. The molecule has 2 unspecified atom stereocenters. The minimum atomic E-state index is -0.0730. The van der Waals surface area contributed by atoms with Crippen molar-refractivity contribution in [2.75, 3.05) is 26.2 Å². The third-order valence-corrected chi connectivity index (χ3v) is 4.28. The van der Waals surface area contributed by atoms with Gasteiger partial charge in [-0.05, 0) is 24.0 Å². The van der Waals surface area contributed by atoms with Crippen LogP contribution in [0.25, 0.3) is 0 Å². The van der Waals surface area contributed by atoms with Crippen molar-refractivity contribution in [3.8, 4) is 0 Å². The minimum Gasteiger partial charge on any atom is -0.311 e. The molecule has 1 fully saturated rings. The van der Waals surface area contributed by atoms with Crippen LogP contribution in [0.5, 0.6) is 0 Å². The molecular weight excluding hydrogens is 239 g/mol. The molecule has 1 aliphatic rings. The maximum absolute atomic E-state index is 13.6. The van der Waals surface area contributed by atoms with E-state index in [1.807, 2.05) is 12.1 Å². The van der Waals surface area contributed by atoms with Gasteiger partial charge in [0, 0.05) is 32.2 Å². The Morgan fingerprint density at radius 3 is 2.95 bits per heavy atom. The molecule has 3 heteroatoms. The van der Waals surface area contributed by atoms with Crippen molar-refractivity contribution in [3.63, 3.8) is 0 Å². The quantitative estimate of drug-likeness (QED) is 0.879. The van der Waals surface area contributed by atoms with Crippen LogP contribution in [0.3, 0.4) is 0 Å². The number of hydrogen-bond acceptors (Lipinski definition) is 2. The van der Waals surface area contributed by atoms with Crippen LogP contribution >= 0.6 is 0 Å². The Balaban J connectivity index is 1.84. The van der Waals surface area contributed by atoms with Crippen molar-refractivity contribution in [2.24, 2.45) is 5.92 Å². The maximum Gasteiger partial charge on any atom is 0.126 e. The number of halogens is 1. The highest BCUT2D eigenvalue weighted by atomic mass is 19.1. The van der Waals surface area contributed by atoms with Crippen molar-refractivity contribution >= 4 is 0 Å². The number of nitrogens with one attached hydrogen (secondary N) is 1. The van der Waals surface area contributed by atoms with Crippen LogP contribution in [0.15, 0.2) is 24.3 Å². The highest BCUT2D eigenvalue weighted by Crippen LogP contribution is 2.13. The molecule has 1 N–H and O–H groups in total. The summed E-state index contributed by atoms with van der Waals surface area (Å²) in [5.41, 5.74) is 0.834. The van der Waals surface area contributed by atoms with Crippen molar-refractivity contribution in [1.82, 2.24) is 10.2 Å². The lowest BCUT2D eigenvalue weighted by molar-refractivity contribution is 0.170. The third kappa shape index (κ3) is 4.02. The summed E-state index contributed by atoms with van der Waals surface area (Å²) >= 11 is 0. The Hall–Kier alpha value is -0.930. The van der Waals surface area contributed by atoms with Crippen LogP contribution in [0.4, 0.5) is 4.39 Å². The predicted octanol–water partition coefficient (Wildman–Crippen LogP) is 2.69. The molecule has 0 aromatic heterocycles. The van der Waals surface area contributed by atoms with Gasteiger partial charge in [0.25, 0.3) is 0 Å². The average molecular weight is 264 g/mol. The van der Waals surface area contributed by atoms with Gasteiger partial charge in [-0.15, -0.1) is 0 Å². The van der Waals surface area contributed by atoms with E-state index in [1.165, 1.54) is 6.42 Å². The second-order valence-electron chi connectivity index (χ2n) is 5.59. The minimum absolute atomic E-state index is 0.0730. The molecule has 1 aliphatic heterocycles. The van der Waals surface area contributed by atoms with Crippen molar-refractivity contribution in [2.45, 2.75) is 32.7 Å². The molecule has 2 nitrogen and oxygen atoms in total. The zero-order valence-corrected chi connectivity index (χ0v) is 12.0. The molecule has 0 radical (unpaired) electrons. The molecule has 2 rings (SSSR count). The number of piperazine rings is 1. The molecule has 0 aliphatic carbocycles. The standard InChI is InChI=1S/C16H25FN2/c1-3-13(2)16-12-19(11-9-18-16)10-8-14-6-4-5-7-15(14)17/h4-7,13,16,18H,3,8-12H2,1-2H3. The first-order chi connectivity index (χ1) is 9.20. The summed E-state index contributed by atoms with van der Waals surface area (Å²) in [7, 11) is 0. The third-order valence-electron chi connectivity index (χ3n) is 4.28. The molecule has 1 heterocycles. The summed E-state index contributed by atoms with van der Waals surface area (Å²) in [5, 5.41) is 3.59. The summed E-state index contributed by atoms with van der Waals surface area (Å²) in [6.07, 6.45) is 2.01. The van der Waals surface area contributed by atoms with Gasteiger partial charge in [0.15, 0.2) is 0 Å². The first kappa shape index (κ1) is 14.5. The molecule has 1 saturated heterocycles. The zero-order chi connectivity index (χ0) is 13.7. The summed E-state index contributed by atoms with van der Waals surface area (Å²) < 4.78 is 13.6. The van der Waals surface area contributed by atoms with E-state index in [1.54, 1.807) is 12.1 Å². The molecule has 0 amide bonds. The molecule has 1 aromatic rings. The molecule has 2 atom stereocenters. The van der Waals surface area contributed by atoms with E-state index in [0.717, 1.165) is 38.2 Å². The lowest BCUT2D eigenvalue weighted by Gasteiger charge is -2.36. The van der Waals surface area contributed by atoms with Gasteiger partial charge in [-0.25, -0.2) is 4.39 Å². The summed E-state index contributed by atoms with van der Waals surface area (Å²) in [6, 6.07) is 7.69. The number of hydrogen-bond donors (Lipinski definition) is 1. The van der Waals surface area contributed by atoms with E-state index in [-0.39, 0.29) is 5.82 Å². The fraction of sp³-hybridized carbons (Fsp3) is 0.625. The van der Waals surface area contributed by atoms with Gasteiger partial charge in [0.05, 0.1) is 0 Å². The van der Waals surface area contributed by atoms with Gasteiger partial charge in [-0.3, -0.25) is 0 Å². The Morgan fingerprint density at radius 2 is 2.21 bits per heavy atom. The molecule has 106 valence electrons. The van der Waals surface area contributed by atoms with E-state index in [2.05, 4.69) is 24.1 Å². The smallest absolute Gasteiger partial charge is 0.126 e. The van der Waals surface area contributed by atoms with E-state index in [4.69, 9.17) is 0 Å². The van der Waals surface area contributed by atoms with E-state index in [0.29, 0.717) is 12.0 Å². The van der Waals surface area contributed by atoms with Gasteiger partial charge in [0.1, 0.15) is 5.82 Å². The van der Waals surface area contributed by atoms with Gasteiger partial charge in [0.2, 0.25) is 0 Å². The van der Waals surface area contributed by atoms with Gasteiger partial charge in [-0.2, -0.15) is 0 Å². The summed E-state index contributed by atoms with van der Waals surface area (Å²) in [5.74, 6) is 0.632. The van der Waals surface area contributed by atoms with Gasteiger partial charge in [-0.1, -0.05) is 38.5 Å². The monoisotopic (exact) mass is 264 g/mol. The Kier molecular flexibility index (Phi) is 5.34. The van der Waals surface area contributed by atoms with E-state index < -0.39 is 0 Å². The maximum atomic E-state index is 13.6. The number of benzene rings is 1. The highest BCUT2D eigenvalue weighted by Gasteiger charge is 2.22. The topological polar surface area (TPSA) is 15.3 Å². The molecular formula is C16H25FN2. The second-order valence-corrected chi connectivity index (χ2v) is 5.59. The Bertz CT molecular complexity index is 394. The largest absolute Gasteiger partial charge is 0.311 e. The molecule has 0 bridgehead atoms. The lowest BCUT2D eigenvalue weighted by atomic mass is 9.97. The predicted molar refractivity (Wildman–Crippen MR) is 77.8 cm³/mol. The number of rotatable bonds is 5. The Labute approximate surface area is 116 Å². The first-order valence-corrected chi connectivity index (χ1v) is 7.40. The van der Waals surface area contributed by atoms with Crippen LogP contribution in [-0.4, -0.2) is 37.1 Å². The Morgan fingerprint density at radius 1 is 1.42 bits per heavy atom. The van der Waals surface area contributed by atoms with Crippen LogP contribution < -0.4 is 5.32 Å². The van der Waals surface area contributed by atoms with Crippen molar-refractivity contribution in [3.05, 3.63) is 35.6 Å².